The van der Waals surface area contributed by atoms with E-state index < -0.39 is 28.7 Å². The van der Waals surface area contributed by atoms with Crippen molar-refractivity contribution in [2.45, 2.75) is 0 Å². The molecular weight excluding hydrogens is 850 g/mol. The minimum absolute atomic E-state index is 0.0301. The lowest BCUT2D eigenvalue weighted by Gasteiger charge is -2.36. The molecule has 7 nitrogen and oxygen atoms in total. The number of rotatable bonds is 4. The lowest BCUT2D eigenvalue weighted by Crippen LogP contribution is -2.16. The molecule has 1 heterocycles. The zero-order chi connectivity index (χ0) is 42.0. The van der Waals surface area contributed by atoms with E-state index in [0.29, 0.717) is 22.6 Å². The minimum atomic E-state index is -0.679. The average Bonchev–Trinajstić information content (AvgIpc) is 3.30. The number of benzene rings is 10. The van der Waals surface area contributed by atoms with Crippen LogP contribution in [0.3, 0.4) is 0 Å². The Morgan fingerprint density at radius 1 is 0.393 bits per heavy atom. The quantitative estimate of drug-likeness (QED) is 0.0681. The summed E-state index contributed by atoms with van der Waals surface area (Å²) in [7, 11) is 0. The molecule has 0 spiro atoms. The smallest absolute Gasteiger partial charge is 0.187 e. The molecule has 0 unspecified atom stereocenters. The second kappa shape index (κ2) is 13.6. The average molecular weight is 879 g/mol. The topological polar surface area (TPSA) is 108 Å². The Morgan fingerprint density at radius 3 is 1.69 bits per heavy atom. The molecule has 5 N–H and O–H groups in total. The van der Waals surface area contributed by atoms with Crippen molar-refractivity contribution in [3.63, 3.8) is 0 Å². The molecule has 11 heteroatoms. The summed E-state index contributed by atoms with van der Waals surface area (Å²) in [6.45, 7) is 0. The Bertz CT molecular complexity index is 3540. The van der Waals surface area contributed by atoms with E-state index in [-0.39, 0.29) is 25.8 Å². The fourth-order valence-corrected chi connectivity index (χ4v) is 10.0. The fraction of sp³-hybridized carbons (Fsp3) is 0. The summed E-state index contributed by atoms with van der Waals surface area (Å²) < 4.78 is 0. The molecule has 0 aromatic heterocycles. The van der Waals surface area contributed by atoms with Gasteiger partial charge in [0, 0.05) is 27.1 Å². The van der Waals surface area contributed by atoms with Crippen LogP contribution in [0.4, 0.5) is 34.1 Å². The second-order valence-electron chi connectivity index (χ2n) is 14.9. The maximum Gasteiger partial charge on any atom is 0.187 e. The second-order valence-corrected chi connectivity index (χ2v) is 16.4. The third-order valence-corrected chi connectivity index (χ3v) is 13.3. The van der Waals surface area contributed by atoms with Crippen molar-refractivity contribution in [2.24, 2.45) is 0 Å². The standard InChI is InChI=1S/C50H28Cl4N2O5/c51-40-39-31-19-7-12-25-13-9-21-35(38(25)31)56(44(39)43(54)49(60)47(40)58)37-23-33-27-15-3-5-17-29(27)36(22-32(33)28-16-4-6-18-30(28)37)55(34-20-8-11-24-10-1-2-14-26(24)34)45-46(57)41(52)42(53)48(59)50(45)61/h1-23,57-61H. The van der Waals surface area contributed by atoms with E-state index in [1.165, 1.54) is 0 Å². The molecule has 0 amide bonds. The van der Waals surface area contributed by atoms with Crippen molar-refractivity contribution in [2.75, 3.05) is 9.80 Å². The zero-order valence-corrected chi connectivity index (χ0v) is 34.4. The first kappa shape index (κ1) is 37.3. The molecule has 61 heavy (non-hydrogen) atoms. The van der Waals surface area contributed by atoms with Crippen molar-refractivity contribution in [1.82, 2.24) is 0 Å². The minimum Gasteiger partial charge on any atom is -0.504 e. The molecule has 0 bridgehead atoms. The third kappa shape index (κ3) is 5.19. The van der Waals surface area contributed by atoms with Gasteiger partial charge in [0.05, 0.1) is 33.5 Å². The molecule has 1 aliphatic heterocycles. The highest BCUT2D eigenvalue weighted by atomic mass is 35.5. The summed E-state index contributed by atoms with van der Waals surface area (Å²) >= 11 is 26.9. The monoisotopic (exact) mass is 876 g/mol. The highest BCUT2D eigenvalue weighted by molar-refractivity contribution is 6.45. The van der Waals surface area contributed by atoms with Gasteiger partial charge in [-0.2, -0.15) is 0 Å². The van der Waals surface area contributed by atoms with Crippen LogP contribution in [0.1, 0.15) is 0 Å². The van der Waals surface area contributed by atoms with Crippen molar-refractivity contribution in [3.8, 4) is 39.9 Å². The highest BCUT2D eigenvalue weighted by Crippen LogP contribution is 2.62. The number of phenolic OH excluding ortho intramolecular Hbond substituents is 5. The van der Waals surface area contributed by atoms with Gasteiger partial charge in [-0.3, -0.25) is 0 Å². The van der Waals surface area contributed by atoms with Crippen molar-refractivity contribution < 1.29 is 25.5 Å². The molecule has 296 valence electrons. The van der Waals surface area contributed by atoms with Crippen LogP contribution in [-0.4, -0.2) is 25.5 Å². The van der Waals surface area contributed by atoms with Gasteiger partial charge in [0.1, 0.15) is 20.8 Å². The third-order valence-electron chi connectivity index (χ3n) is 11.8. The number of aromatic hydroxyl groups is 5. The lowest BCUT2D eigenvalue weighted by atomic mass is 9.88. The Balaban J connectivity index is 1.29. The zero-order valence-electron chi connectivity index (χ0n) is 31.4. The lowest BCUT2D eigenvalue weighted by molar-refractivity contribution is 0.398. The molecule has 0 saturated carbocycles. The maximum absolute atomic E-state index is 11.8. The van der Waals surface area contributed by atoms with Gasteiger partial charge in [-0.1, -0.05) is 162 Å². The Kier molecular flexibility index (Phi) is 8.34. The van der Waals surface area contributed by atoms with E-state index >= 15 is 0 Å². The molecule has 10 aromatic rings. The Hall–Kier alpha value is -6.74. The molecule has 11 rings (SSSR count). The first-order valence-electron chi connectivity index (χ1n) is 19.1. The summed E-state index contributed by atoms with van der Waals surface area (Å²) in [5, 5.41) is 64.5. The first-order chi connectivity index (χ1) is 29.6. The summed E-state index contributed by atoms with van der Waals surface area (Å²) in [6.07, 6.45) is 0. The molecule has 0 aliphatic carbocycles. The summed E-state index contributed by atoms with van der Waals surface area (Å²) in [5.74, 6) is -2.90. The van der Waals surface area contributed by atoms with Gasteiger partial charge in [0.2, 0.25) is 0 Å². The Morgan fingerprint density at radius 2 is 0.934 bits per heavy atom. The van der Waals surface area contributed by atoms with Crippen molar-refractivity contribution in [3.05, 3.63) is 160 Å². The number of phenols is 5. The summed E-state index contributed by atoms with van der Waals surface area (Å²) in [5.41, 5.74) is 4.13. The number of halogens is 4. The van der Waals surface area contributed by atoms with Gasteiger partial charge >= 0.3 is 0 Å². The van der Waals surface area contributed by atoms with Crippen LogP contribution in [0.2, 0.25) is 20.1 Å². The van der Waals surface area contributed by atoms with Gasteiger partial charge in [-0.25, -0.2) is 0 Å². The van der Waals surface area contributed by atoms with Crippen LogP contribution >= 0.6 is 46.4 Å². The molecule has 1 aliphatic rings. The van der Waals surface area contributed by atoms with Crippen LogP contribution in [0.15, 0.2) is 140 Å². The van der Waals surface area contributed by atoms with E-state index in [2.05, 4.69) is 6.07 Å². The van der Waals surface area contributed by atoms with E-state index in [0.717, 1.165) is 70.8 Å². The largest absolute Gasteiger partial charge is 0.504 e. The van der Waals surface area contributed by atoms with Crippen LogP contribution < -0.4 is 9.80 Å². The number of anilines is 6. The highest BCUT2D eigenvalue weighted by Gasteiger charge is 2.35. The van der Waals surface area contributed by atoms with Gasteiger partial charge in [-0.15, -0.1) is 0 Å². The first-order valence-corrected chi connectivity index (χ1v) is 20.6. The van der Waals surface area contributed by atoms with Crippen molar-refractivity contribution >= 4 is 134 Å². The maximum atomic E-state index is 11.8. The summed E-state index contributed by atoms with van der Waals surface area (Å²) in [4.78, 5) is 3.70. The number of hydrogen-bond acceptors (Lipinski definition) is 7. The van der Waals surface area contributed by atoms with E-state index in [1.807, 2.05) is 138 Å². The number of nitrogens with zero attached hydrogens (tertiary/aromatic N) is 2. The molecule has 0 atom stereocenters. The normalized spacial score (nSPS) is 12.2. The predicted octanol–water partition coefficient (Wildman–Crippen LogP) is 15.5. The molecule has 0 saturated heterocycles. The molecule has 0 fully saturated rings. The predicted molar refractivity (Wildman–Crippen MR) is 251 cm³/mol. The van der Waals surface area contributed by atoms with E-state index in [1.54, 1.807) is 4.90 Å². The van der Waals surface area contributed by atoms with Crippen molar-refractivity contribution in [1.29, 1.82) is 0 Å². The number of fused-ring (bicyclic) bond motifs is 8. The summed E-state index contributed by atoms with van der Waals surface area (Å²) in [6, 6.07) is 45.1. The van der Waals surface area contributed by atoms with Gasteiger partial charge in [-0.05, 0) is 62.1 Å². The van der Waals surface area contributed by atoms with Gasteiger partial charge in [0.15, 0.2) is 28.7 Å². The molecule has 10 aromatic carbocycles. The van der Waals surface area contributed by atoms with Crippen LogP contribution in [0.25, 0.3) is 65.0 Å². The Labute approximate surface area is 367 Å². The number of hydrogen-bond donors (Lipinski definition) is 5. The van der Waals surface area contributed by atoms with Crippen LogP contribution in [0.5, 0.6) is 28.7 Å². The fourth-order valence-electron chi connectivity index (χ4n) is 9.10. The molecular formula is C50H28Cl4N2O5. The van der Waals surface area contributed by atoms with Crippen LogP contribution in [0, 0.1) is 0 Å². The molecule has 0 radical (unpaired) electrons. The van der Waals surface area contributed by atoms with E-state index in [4.69, 9.17) is 46.4 Å². The SMILES string of the molecule is Oc1c(O)c(N(c2cccc3ccccc23)c2cc3c4ccccc4c(N4c5c(Cl)c(O)c(O)c(Cl)c5-c5cccc6cccc4c56)cc3c3ccccc23)c(O)c(Cl)c1Cl. The van der Waals surface area contributed by atoms with Gasteiger partial charge < -0.3 is 35.3 Å². The van der Waals surface area contributed by atoms with Crippen LogP contribution in [-0.2, 0) is 0 Å². The van der Waals surface area contributed by atoms with E-state index in [9.17, 15) is 25.5 Å². The van der Waals surface area contributed by atoms with Gasteiger partial charge in [0.25, 0.3) is 0 Å².